The van der Waals surface area contributed by atoms with E-state index in [1.807, 2.05) is 19.1 Å². The number of pyridine rings is 1. The fraction of sp³-hybridized carbons (Fsp3) is 0.143. The van der Waals surface area contributed by atoms with Gasteiger partial charge < -0.3 is 15.2 Å². The molecule has 2 aromatic rings. The quantitative estimate of drug-likeness (QED) is 0.870. The first kappa shape index (κ1) is 14.3. The van der Waals surface area contributed by atoms with Crippen molar-refractivity contribution in [3.63, 3.8) is 0 Å². The van der Waals surface area contributed by atoms with Gasteiger partial charge in [0.25, 0.3) is 0 Å². The van der Waals surface area contributed by atoms with E-state index in [-0.39, 0.29) is 11.4 Å². The Hall–Kier alpha value is -2.08. The number of aromatic nitrogens is 1. The summed E-state index contributed by atoms with van der Waals surface area (Å²) in [4.78, 5) is 15.7. The predicted octanol–water partition coefficient (Wildman–Crippen LogP) is 3.31. The Morgan fingerprint density at radius 1 is 1.35 bits per heavy atom. The number of rotatable bonds is 3. The lowest BCUT2D eigenvalue weighted by molar-refractivity contribution is 0.0597. The number of hydrogen-bond donors (Lipinski definition) is 1. The van der Waals surface area contributed by atoms with Gasteiger partial charge in [-0.05, 0) is 46.6 Å². The number of nitrogens with two attached hydrogens (primary N) is 1. The van der Waals surface area contributed by atoms with Crippen molar-refractivity contribution in [3.8, 4) is 11.6 Å². The number of carbonyl (C=O) groups is 1. The number of aryl methyl sites for hydroxylation is 1. The first-order valence-electron chi connectivity index (χ1n) is 5.79. The Kier molecular flexibility index (Phi) is 4.24. The predicted molar refractivity (Wildman–Crippen MR) is 78.9 cm³/mol. The van der Waals surface area contributed by atoms with Gasteiger partial charge in [-0.3, -0.25) is 0 Å². The summed E-state index contributed by atoms with van der Waals surface area (Å²) < 4.78 is 11.1. The molecule has 0 aliphatic heterocycles. The molecule has 0 aliphatic rings. The molecule has 0 fully saturated rings. The van der Waals surface area contributed by atoms with Crippen molar-refractivity contribution in [3.05, 3.63) is 46.1 Å². The number of hydrogen-bond acceptors (Lipinski definition) is 5. The number of halogens is 1. The molecular weight excluding hydrogens is 324 g/mol. The van der Waals surface area contributed by atoms with Crippen LogP contribution in [0.25, 0.3) is 0 Å². The number of methoxy groups -OCH3 is 1. The fourth-order valence-corrected chi connectivity index (χ4v) is 2.17. The van der Waals surface area contributed by atoms with Gasteiger partial charge >= 0.3 is 5.97 Å². The second-order valence-corrected chi connectivity index (χ2v) is 5.00. The molecule has 0 saturated heterocycles. The van der Waals surface area contributed by atoms with Gasteiger partial charge in [-0.15, -0.1) is 0 Å². The van der Waals surface area contributed by atoms with E-state index in [2.05, 4.69) is 20.9 Å². The van der Waals surface area contributed by atoms with E-state index in [0.29, 0.717) is 11.4 Å². The highest BCUT2D eigenvalue weighted by Crippen LogP contribution is 2.31. The van der Waals surface area contributed by atoms with Gasteiger partial charge in [-0.1, -0.05) is 6.07 Å². The molecule has 0 unspecified atom stereocenters. The van der Waals surface area contributed by atoms with Crippen LogP contribution in [0.5, 0.6) is 11.6 Å². The number of nitrogens with zero attached hydrogens (tertiary/aromatic N) is 1. The number of benzene rings is 1. The number of esters is 1. The van der Waals surface area contributed by atoms with Crippen LogP contribution in [0.15, 0.2) is 34.9 Å². The molecule has 1 aromatic heterocycles. The second-order valence-electron chi connectivity index (χ2n) is 4.15. The van der Waals surface area contributed by atoms with Crippen LogP contribution < -0.4 is 10.5 Å². The summed E-state index contributed by atoms with van der Waals surface area (Å²) in [5.74, 6) is 0.150. The summed E-state index contributed by atoms with van der Waals surface area (Å²) in [7, 11) is 1.29. The van der Waals surface area contributed by atoms with Gasteiger partial charge in [0.05, 0.1) is 23.5 Å². The topological polar surface area (TPSA) is 74.4 Å². The lowest BCUT2D eigenvalue weighted by Crippen LogP contribution is -2.06. The van der Waals surface area contributed by atoms with Crippen LogP contribution in [0.1, 0.15) is 15.9 Å². The van der Waals surface area contributed by atoms with Crippen molar-refractivity contribution in [1.82, 2.24) is 4.98 Å². The van der Waals surface area contributed by atoms with Gasteiger partial charge in [0.2, 0.25) is 5.88 Å². The standard InChI is InChI=1S/C14H13BrN2O3/c1-8-3-4-12(11(15)5-8)20-13-10(14(18)19-2)6-9(16)7-17-13/h3-7H,16H2,1-2H3. The van der Waals surface area contributed by atoms with Gasteiger partial charge in [-0.25, -0.2) is 9.78 Å². The summed E-state index contributed by atoms with van der Waals surface area (Å²) in [6.07, 6.45) is 1.42. The first-order valence-corrected chi connectivity index (χ1v) is 6.58. The third-order valence-electron chi connectivity index (χ3n) is 2.57. The SMILES string of the molecule is COC(=O)c1cc(N)cnc1Oc1ccc(C)cc1Br. The molecule has 0 bridgehead atoms. The van der Waals surface area contributed by atoms with Crippen molar-refractivity contribution < 1.29 is 14.3 Å². The highest BCUT2D eigenvalue weighted by atomic mass is 79.9. The molecule has 2 N–H and O–H groups in total. The summed E-state index contributed by atoms with van der Waals surface area (Å²) in [5, 5.41) is 0. The molecule has 0 radical (unpaired) electrons. The van der Waals surface area contributed by atoms with Gasteiger partial charge in [0.15, 0.2) is 0 Å². The second kappa shape index (κ2) is 5.92. The molecule has 1 aromatic carbocycles. The Bertz CT molecular complexity index is 659. The van der Waals surface area contributed by atoms with Crippen LogP contribution in [-0.4, -0.2) is 18.1 Å². The maximum Gasteiger partial charge on any atom is 0.343 e. The maximum absolute atomic E-state index is 11.7. The molecule has 20 heavy (non-hydrogen) atoms. The molecule has 6 heteroatoms. The highest BCUT2D eigenvalue weighted by molar-refractivity contribution is 9.10. The molecule has 1 heterocycles. The van der Waals surface area contributed by atoms with E-state index in [1.54, 1.807) is 6.07 Å². The Balaban J connectivity index is 2.40. The summed E-state index contributed by atoms with van der Waals surface area (Å²) in [5.41, 5.74) is 7.26. The fourth-order valence-electron chi connectivity index (χ4n) is 1.60. The minimum absolute atomic E-state index is 0.149. The van der Waals surface area contributed by atoms with Gasteiger partial charge in [-0.2, -0.15) is 0 Å². The van der Waals surface area contributed by atoms with Crippen molar-refractivity contribution in [1.29, 1.82) is 0 Å². The number of carbonyl (C=O) groups excluding carboxylic acids is 1. The molecule has 0 saturated carbocycles. The molecule has 104 valence electrons. The maximum atomic E-state index is 11.7. The largest absolute Gasteiger partial charge is 0.465 e. The molecule has 2 rings (SSSR count). The van der Waals surface area contributed by atoms with E-state index in [4.69, 9.17) is 15.2 Å². The van der Waals surface area contributed by atoms with E-state index < -0.39 is 5.97 Å². The Labute approximate surface area is 124 Å². The minimum Gasteiger partial charge on any atom is -0.465 e. The number of anilines is 1. The summed E-state index contributed by atoms with van der Waals surface area (Å²) >= 11 is 3.40. The van der Waals surface area contributed by atoms with Crippen LogP contribution in [0.3, 0.4) is 0 Å². The van der Waals surface area contributed by atoms with Crippen LogP contribution in [-0.2, 0) is 4.74 Å². The Morgan fingerprint density at radius 2 is 2.10 bits per heavy atom. The van der Waals surface area contributed by atoms with Gasteiger partial charge in [0.1, 0.15) is 11.3 Å². The molecular formula is C14H13BrN2O3. The van der Waals surface area contributed by atoms with Crippen molar-refractivity contribution >= 4 is 27.6 Å². The minimum atomic E-state index is -0.553. The highest BCUT2D eigenvalue weighted by Gasteiger charge is 2.16. The summed E-state index contributed by atoms with van der Waals surface area (Å²) in [6, 6.07) is 7.06. The van der Waals surface area contributed by atoms with Crippen LogP contribution in [0.4, 0.5) is 5.69 Å². The molecule has 0 aliphatic carbocycles. The van der Waals surface area contributed by atoms with Crippen molar-refractivity contribution in [2.24, 2.45) is 0 Å². The smallest absolute Gasteiger partial charge is 0.343 e. The lowest BCUT2D eigenvalue weighted by Gasteiger charge is -2.11. The van der Waals surface area contributed by atoms with E-state index >= 15 is 0 Å². The molecule has 0 atom stereocenters. The van der Waals surface area contributed by atoms with Crippen LogP contribution in [0.2, 0.25) is 0 Å². The Morgan fingerprint density at radius 3 is 2.75 bits per heavy atom. The lowest BCUT2D eigenvalue weighted by atomic mass is 10.2. The van der Waals surface area contributed by atoms with E-state index in [1.165, 1.54) is 19.4 Å². The van der Waals surface area contributed by atoms with Gasteiger partial charge in [0, 0.05) is 0 Å². The van der Waals surface area contributed by atoms with Crippen LogP contribution >= 0.6 is 15.9 Å². The van der Waals surface area contributed by atoms with Crippen molar-refractivity contribution in [2.75, 3.05) is 12.8 Å². The molecule has 0 spiro atoms. The third-order valence-corrected chi connectivity index (χ3v) is 3.19. The van der Waals surface area contributed by atoms with E-state index in [0.717, 1.165) is 10.0 Å². The number of ether oxygens (including phenoxy) is 2. The zero-order chi connectivity index (χ0) is 14.7. The average Bonchev–Trinajstić information content (AvgIpc) is 2.42. The zero-order valence-corrected chi connectivity index (χ0v) is 12.6. The normalized spacial score (nSPS) is 10.2. The van der Waals surface area contributed by atoms with Crippen LogP contribution in [0, 0.1) is 6.92 Å². The van der Waals surface area contributed by atoms with Crippen molar-refractivity contribution in [2.45, 2.75) is 6.92 Å². The zero-order valence-electron chi connectivity index (χ0n) is 11.0. The number of nitrogen functional groups attached to an aromatic ring is 1. The average molecular weight is 337 g/mol. The first-order chi connectivity index (χ1) is 9.51. The third kappa shape index (κ3) is 3.08. The monoisotopic (exact) mass is 336 g/mol. The van der Waals surface area contributed by atoms with E-state index in [9.17, 15) is 4.79 Å². The molecule has 5 nitrogen and oxygen atoms in total. The molecule has 0 amide bonds. The summed E-state index contributed by atoms with van der Waals surface area (Å²) in [6.45, 7) is 1.97.